The molecule has 2 atom stereocenters. The van der Waals surface area contributed by atoms with Crippen LogP contribution >= 0.6 is 7.92 Å². The molecule has 0 saturated heterocycles. The van der Waals surface area contributed by atoms with Gasteiger partial charge in [0.25, 0.3) is 0 Å². The fourth-order valence-electron chi connectivity index (χ4n) is 7.87. The van der Waals surface area contributed by atoms with Gasteiger partial charge in [-0.25, -0.2) is 8.51 Å². The third-order valence-corrected chi connectivity index (χ3v) is 15.6. The molecule has 3 nitrogen and oxygen atoms in total. The molecule has 0 amide bonds. The summed E-state index contributed by atoms with van der Waals surface area (Å²) in [7, 11) is 0.344. The van der Waals surface area contributed by atoms with Gasteiger partial charge in [0.15, 0.2) is 0 Å². The van der Waals surface area contributed by atoms with Gasteiger partial charge in [-0.1, -0.05) is 144 Å². The van der Waals surface area contributed by atoms with Crippen LogP contribution in [0, 0.1) is 0 Å². The number of hydrogen-bond acceptors (Lipinski definition) is 2. The van der Waals surface area contributed by atoms with Gasteiger partial charge in [-0.3, -0.25) is 0 Å². The van der Waals surface area contributed by atoms with Gasteiger partial charge in [-0.15, -0.1) is 0 Å². The van der Waals surface area contributed by atoms with Crippen LogP contribution in [0.25, 0.3) is 11.1 Å². The molecule has 48 heavy (non-hydrogen) atoms. The average molecular weight is 680 g/mol. The molecule has 0 N–H and O–H groups in total. The molecule has 254 valence electrons. The van der Waals surface area contributed by atoms with Crippen LogP contribution in [-0.4, -0.2) is 31.6 Å². The molecule has 0 unspecified atom stereocenters. The third-order valence-electron chi connectivity index (χ3n) is 10.2. The lowest BCUT2D eigenvalue weighted by atomic mass is 9.96. The van der Waals surface area contributed by atoms with Crippen molar-refractivity contribution in [3.8, 4) is 16.9 Å². The maximum atomic E-state index is 14.3. The Kier molecular flexibility index (Phi) is 11.9. The summed E-state index contributed by atoms with van der Waals surface area (Å²) in [4.78, 5) is 0. The summed E-state index contributed by atoms with van der Waals surface area (Å²) in [5.41, 5.74) is 7.47. The molecule has 4 aromatic rings. The Morgan fingerprint density at radius 3 is 1.81 bits per heavy atom. The van der Waals surface area contributed by atoms with E-state index in [1.54, 1.807) is 0 Å². The summed E-state index contributed by atoms with van der Waals surface area (Å²) in [5, 5.41) is 1.44. The van der Waals surface area contributed by atoms with E-state index in [2.05, 4.69) is 135 Å². The fourth-order valence-corrected chi connectivity index (χ4v) is 13.2. The molecular weight excluding hydrogens is 626 g/mol. The van der Waals surface area contributed by atoms with Gasteiger partial charge in [0.1, 0.15) is 23.3 Å². The third kappa shape index (κ3) is 8.32. The summed E-state index contributed by atoms with van der Waals surface area (Å²) in [6.07, 6.45) is 13.3. The van der Waals surface area contributed by atoms with Gasteiger partial charge >= 0.3 is 0 Å². The molecule has 6 rings (SSSR count). The molecule has 0 heterocycles. The highest BCUT2D eigenvalue weighted by Crippen LogP contribution is 2.58. The van der Waals surface area contributed by atoms with Crippen molar-refractivity contribution in [2.24, 2.45) is 0 Å². The second-order valence-corrected chi connectivity index (χ2v) is 19.8. The van der Waals surface area contributed by atoms with Crippen molar-refractivity contribution in [3.05, 3.63) is 120 Å². The topological polar surface area (TPSA) is 29.5 Å². The second kappa shape index (κ2) is 16.3. The average Bonchev–Trinajstić information content (AvgIpc) is 3.13. The van der Waals surface area contributed by atoms with Crippen molar-refractivity contribution < 1.29 is 8.95 Å². The monoisotopic (exact) mass is 679 g/mol. The standard InChI is InChI=1S/C43H54NO2PS/c1-43(2,3)48(45)44(4)41(36-30-28-35(29-31-36)34-20-11-6-12-21-34)39-26-17-27-40(46-32-33-18-9-5-10-19-33)42(39)47(37-22-13-7-14-23-37)38-24-15-8-16-25-38/h5-6,9-12,17-21,26-31,37-38,41H,7-8,13-16,22-25,32H2,1-4H3/t41-,48+/m0/s1. The van der Waals surface area contributed by atoms with Crippen LogP contribution in [0.3, 0.4) is 0 Å². The predicted octanol–water partition coefficient (Wildman–Crippen LogP) is 11.2. The van der Waals surface area contributed by atoms with Crippen molar-refractivity contribution in [3.63, 3.8) is 0 Å². The van der Waals surface area contributed by atoms with Crippen LogP contribution in [0.5, 0.6) is 5.75 Å². The lowest BCUT2D eigenvalue weighted by Gasteiger charge is -2.42. The van der Waals surface area contributed by atoms with Crippen molar-refractivity contribution in [1.82, 2.24) is 4.31 Å². The van der Waals surface area contributed by atoms with Gasteiger partial charge in [0.2, 0.25) is 0 Å². The highest BCUT2D eigenvalue weighted by molar-refractivity contribution is 7.84. The van der Waals surface area contributed by atoms with Crippen molar-refractivity contribution in [2.45, 2.75) is 114 Å². The Bertz CT molecular complexity index is 1590. The minimum absolute atomic E-state index is 0.165. The summed E-state index contributed by atoms with van der Waals surface area (Å²) in [6, 6.07) is 36.8. The lowest BCUT2D eigenvalue weighted by molar-refractivity contribution is 0.308. The molecule has 0 aromatic heterocycles. The quantitative estimate of drug-likeness (QED) is 0.148. The molecule has 2 fully saturated rings. The number of benzene rings is 4. The van der Waals surface area contributed by atoms with E-state index in [1.165, 1.54) is 97.3 Å². The van der Waals surface area contributed by atoms with Crippen molar-refractivity contribution >= 4 is 24.2 Å². The molecule has 4 aromatic carbocycles. The Balaban J connectivity index is 1.52. The highest BCUT2D eigenvalue weighted by Gasteiger charge is 2.39. The maximum Gasteiger partial charge on any atom is 0.127 e. The lowest BCUT2D eigenvalue weighted by Crippen LogP contribution is -2.40. The van der Waals surface area contributed by atoms with E-state index in [0.29, 0.717) is 17.9 Å². The van der Waals surface area contributed by atoms with Crippen LogP contribution in [0.1, 0.15) is 108 Å². The summed E-state index contributed by atoms with van der Waals surface area (Å²) in [6.45, 7) is 6.82. The van der Waals surface area contributed by atoms with E-state index < -0.39 is 23.7 Å². The van der Waals surface area contributed by atoms with Crippen molar-refractivity contribution in [2.75, 3.05) is 7.05 Å². The fraction of sp³-hybridized carbons (Fsp3) is 0.442. The highest BCUT2D eigenvalue weighted by atomic mass is 32.2. The van der Waals surface area contributed by atoms with E-state index in [9.17, 15) is 4.21 Å². The molecule has 5 heteroatoms. The Hall–Kier alpha value is -2.78. The number of rotatable bonds is 11. The maximum absolute atomic E-state index is 14.3. The minimum atomic E-state index is -1.23. The molecule has 2 aliphatic rings. The van der Waals surface area contributed by atoms with Crippen LogP contribution < -0.4 is 10.0 Å². The molecule has 2 aliphatic carbocycles. The molecule has 2 saturated carbocycles. The first kappa shape index (κ1) is 35.1. The first-order valence-electron chi connectivity index (χ1n) is 18.2. The molecule has 0 aliphatic heterocycles. The number of nitrogens with zero attached hydrogens (tertiary/aromatic N) is 1. The van der Waals surface area contributed by atoms with Gasteiger partial charge in [-0.2, -0.15) is 0 Å². The summed E-state index contributed by atoms with van der Waals surface area (Å²) >= 11 is 0. The zero-order valence-corrected chi connectivity index (χ0v) is 31.2. The molecule has 0 spiro atoms. The first-order chi connectivity index (χ1) is 23.3. The van der Waals surface area contributed by atoms with Gasteiger partial charge in [0, 0.05) is 12.4 Å². The zero-order valence-electron chi connectivity index (χ0n) is 29.4. The summed E-state index contributed by atoms with van der Waals surface area (Å²) < 4.78 is 23.0. The molecule has 0 bridgehead atoms. The van der Waals surface area contributed by atoms with E-state index in [0.717, 1.165) is 5.75 Å². The zero-order chi connectivity index (χ0) is 33.5. The van der Waals surface area contributed by atoms with Crippen LogP contribution in [0.4, 0.5) is 0 Å². The number of hydrogen-bond donors (Lipinski definition) is 0. The second-order valence-electron chi connectivity index (χ2n) is 14.8. The van der Waals surface area contributed by atoms with E-state index in [-0.39, 0.29) is 6.04 Å². The van der Waals surface area contributed by atoms with Crippen LogP contribution in [0.2, 0.25) is 0 Å². The van der Waals surface area contributed by atoms with Crippen LogP contribution in [-0.2, 0) is 17.6 Å². The van der Waals surface area contributed by atoms with Gasteiger partial charge in [-0.05, 0) is 91.7 Å². The van der Waals surface area contributed by atoms with Crippen LogP contribution in [0.15, 0.2) is 103 Å². The van der Waals surface area contributed by atoms with E-state index >= 15 is 0 Å². The van der Waals surface area contributed by atoms with Crippen molar-refractivity contribution in [1.29, 1.82) is 0 Å². The first-order valence-corrected chi connectivity index (χ1v) is 20.8. The van der Waals surface area contributed by atoms with E-state index in [4.69, 9.17) is 4.74 Å². The molecule has 0 radical (unpaired) electrons. The Morgan fingerprint density at radius 2 is 1.25 bits per heavy atom. The minimum Gasteiger partial charge on any atom is -0.488 e. The molecular formula is C43H54NO2PS. The largest absolute Gasteiger partial charge is 0.488 e. The predicted molar refractivity (Wildman–Crippen MR) is 207 cm³/mol. The van der Waals surface area contributed by atoms with Gasteiger partial charge < -0.3 is 4.74 Å². The Morgan fingerprint density at radius 1 is 0.708 bits per heavy atom. The smallest absolute Gasteiger partial charge is 0.127 e. The SMILES string of the molecule is CN([C@@H](c1ccc(-c2ccccc2)cc1)c1cccc(OCc2ccccc2)c1P(C1CCCCC1)C1CCCCC1)[S@](=O)C(C)(C)C. The van der Waals surface area contributed by atoms with Gasteiger partial charge in [0.05, 0.1) is 10.8 Å². The summed E-state index contributed by atoms with van der Waals surface area (Å²) in [5.74, 6) is 1.04. The normalized spacial score (nSPS) is 17.8. The Labute approximate surface area is 293 Å². The number of ether oxygens (including phenoxy) is 1. The van der Waals surface area contributed by atoms with E-state index in [1.807, 2.05) is 0 Å².